The molecule has 1 unspecified atom stereocenters. The highest BCUT2D eigenvalue weighted by Crippen LogP contribution is 2.48. The average molecular weight is 533 g/mol. The molecule has 6 rings (SSSR count). The molecule has 6 heteroatoms. The first-order valence-corrected chi connectivity index (χ1v) is 14.0. The van der Waals surface area contributed by atoms with E-state index >= 15 is 0 Å². The molecule has 1 atom stereocenters. The molecule has 5 aromatic rings. The van der Waals surface area contributed by atoms with Crippen molar-refractivity contribution in [3.63, 3.8) is 0 Å². The largest absolute Gasteiger partial charge is 0.322 e. The molecule has 0 saturated carbocycles. The second kappa shape index (κ2) is 10.4. The van der Waals surface area contributed by atoms with E-state index in [0.717, 1.165) is 36.8 Å². The van der Waals surface area contributed by atoms with Gasteiger partial charge < -0.3 is 5.32 Å². The van der Waals surface area contributed by atoms with Gasteiger partial charge in [0.05, 0.1) is 16.6 Å². The lowest BCUT2D eigenvalue weighted by Crippen LogP contribution is -2.34. The van der Waals surface area contributed by atoms with Crippen molar-refractivity contribution in [3.05, 3.63) is 121 Å². The Morgan fingerprint density at radius 3 is 2.13 bits per heavy atom. The first kappa shape index (κ1) is 24.3. The number of hydrogen-bond acceptors (Lipinski definition) is 4. The molecule has 4 nitrogen and oxygen atoms in total. The van der Waals surface area contributed by atoms with E-state index in [-0.39, 0.29) is 17.1 Å². The van der Waals surface area contributed by atoms with Gasteiger partial charge in [-0.2, -0.15) is 0 Å². The summed E-state index contributed by atoms with van der Waals surface area (Å²) < 4.78 is 0. The summed E-state index contributed by atoms with van der Waals surface area (Å²) >= 11 is 3.17. The number of para-hydroxylation sites is 2. The van der Waals surface area contributed by atoms with Crippen molar-refractivity contribution in [2.24, 2.45) is 0 Å². The lowest BCUT2D eigenvalue weighted by Gasteiger charge is -2.32. The number of anilines is 3. The van der Waals surface area contributed by atoms with Gasteiger partial charge in [-0.1, -0.05) is 72.4 Å². The Morgan fingerprint density at radius 1 is 0.737 bits per heavy atom. The minimum Gasteiger partial charge on any atom is -0.322 e. The highest BCUT2D eigenvalue weighted by Gasteiger charge is 2.31. The third kappa shape index (κ3) is 4.80. The summed E-state index contributed by atoms with van der Waals surface area (Å²) in [5, 5.41) is 4.78. The van der Waals surface area contributed by atoms with Gasteiger partial charge in [0.2, 0.25) is 5.91 Å². The zero-order chi connectivity index (χ0) is 26.1. The fourth-order valence-electron chi connectivity index (χ4n) is 4.56. The van der Waals surface area contributed by atoms with Gasteiger partial charge >= 0.3 is 0 Å². The summed E-state index contributed by atoms with van der Waals surface area (Å²) in [6, 6.07) is 37.3. The molecular formula is C32H24N2O2S2. The Labute approximate surface area is 230 Å². The van der Waals surface area contributed by atoms with Crippen molar-refractivity contribution in [2.75, 3.05) is 10.2 Å². The summed E-state index contributed by atoms with van der Waals surface area (Å²) in [5.41, 5.74) is 3.11. The van der Waals surface area contributed by atoms with Gasteiger partial charge in [0.15, 0.2) is 0 Å². The second-order valence-corrected chi connectivity index (χ2v) is 11.5. The van der Waals surface area contributed by atoms with Crippen LogP contribution in [0.15, 0.2) is 130 Å². The van der Waals surface area contributed by atoms with Crippen LogP contribution in [0.4, 0.5) is 17.1 Å². The van der Waals surface area contributed by atoms with Crippen LogP contribution >= 0.6 is 23.5 Å². The molecule has 186 valence electrons. The maximum atomic E-state index is 13.8. The molecule has 0 aliphatic carbocycles. The fourth-order valence-corrected chi connectivity index (χ4v) is 6.58. The number of amides is 2. The predicted octanol–water partition coefficient (Wildman–Crippen LogP) is 8.40. The molecule has 38 heavy (non-hydrogen) atoms. The summed E-state index contributed by atoms with van der Waals surface area (Å²) in [6.45, 7) is 1.93. The molecule has 0 saturated heterocycles. The maximum Gasteiger partial charge on any atom is 0.255 e. The number of nitrogens with one attached hydrogen (secondary N) is 1. The molecule has 5 aromatic carbocycles. The molecule has 1 aliphatic heterocycles. The molecular weight excluding hydrogens is 508 g/mol. The van der Waals surface area contributed by atoms with Gasteiger partial charge in [-0.05, 0) is 72.3 Å². The first-order chi connectivity index (χ1) is 18.6. The van der Waals surface area contributed by atoms with Crippen LogP contribution in [-0.4, -0.2) is 17.1 Å². The van der Waals surface area contributed by atoms with Gasteiger partial charge in [0, 0.05) is 25.9 Å². The first-order valence-electron chi connectivity index (χ1n) is 12.3. The van der Waals surface area contributed by atoms with Crippen LogP contribution in [0, 0.1) is 0 Å². The van der Waals surface area contributed by atoms with Crippen LogP contribution in [0.5, 0.6) is 0 Å². The Hall–Kier alpha value is -4.00. The van der Waals surface area contributed by atoms with Gasteiger partial charge in [0.1, 0.15) is 0 Å². The summed E-state index contributed by atoms with van der Waals surface area (Å²) in [5.74, 6) is -0.151. The van der Waals surface area contributed by atoms with E-state index in [1.54, 1.807) is 11.8 Å². The number of rotatable bonds is 5. The molecule has 1 N–H and O–H groups in total. The highest BCUT2D eigenvalue weighted by molar-refractivity contribution is 8.00. The molecule has 1 heterocycles. The van der Waals surface area contributed by atoms with Crippen LogP contribution in [0.3, 0.4) is 0 Å². The minimum atomic E-state index is -0.342. The Bertz CT molecular complexity index is 1640. The van der Waals surface area contributed by atoms with Crippen molar-refractivity contribution in [2.45, 2.75) is 26.9 Å². The Balaban J connectivity index is 1.20. The van der Waals surface area contributed by atoms with Crippen molar-refractivity contribution in [1.29, 1.82) is 0 Å². The van der Waals surface area contributed by atoms with E-state index in [1.165, 1.54) is 11.8 Å². The highest BCUT2D eigenvalue weighted by atomic mass is 32.2. The third-order valence-electron chi connectivity index (χ3n) is 6.42. The zero-order valence-corrected chi connectivity index (χ0v) is 22.3. The number of thioether (sulfide) groups is 1. The summed E-state index contributed by atoms with van der Waals surface area (Å²) in [7, 11) is 0. The maximum absolute atomic E-state index is 13.8. The molecule has 2 amide bonds. The number of nitrogens with zero attached hydrogens (tertiary/aromatic N) is 1. The van der Waals surface area contributed by atoms with E-state index in [0.29, 0.717) is 11.3 Å². The number of carbonyl (C=O) groups is 2. The van der Waals surface area contributed by atoms with Crippen LogP contribution in [-0.2, 0) is 4.79 Å². The van der Waals surface area contributed by atoms with Crippen molar-refractivity contribution in [3.8, 4) is 0 Å². The average Bonchev–Trinajstić information content (AvgIpc) is 2.95. The van der Waals surface area contributed by atoms with Crippen molar-refractivity contribution >= 4 is 63.2 Å². The fraction of sp³-hybridized carbons (Fsp3) is 0.0625. The van der Waals surface area contributed by atoms with E-state index in [1.807, 2.05) is 115 Å². The number of benzene rings is 5. The second-order valence-electron chi connectivity index (χ2n) is 9.02. The normalized spacial score (nSPS) is 12.9. The van der Waals surface area contributed by atoms with Crippen molar-refractivity contribution in [1.82, 2.24) is 0 Å². The van der Waals surface area contributed by atoms with E-state index in [9.17, 15) is 9.59 Å². The molecule has 0 fully saturated rings. The predicted molar refractivity (Wildman–Crippen MR) is 158 cm³/mol. The minimum absolute atomic E-state index is 0.0146. The summed E-state index contributed by atoms with van der Waals surface area (Å²) in [6.07, 6.45) is 0. The molecule has 0 bridgehead atoms. The van der Waals surface area contributed by atoms with Gasteiger partial charge in [-0.25, -0.2) is 0 Å². The third-order valence-corrected chi connectivity index (χ3v) is 8.63. The Morgan fingerprint density at radius 2 is 1.39 bits per heavy atom. The molecule has 0 radical (unpaired) electrons. The van der Waals surface area contributed by atoms with E-state index < -0.39 is 0 Å². The number of fused-ring (bicyclic) bond motifs is 3. The van der Waals surface area contributed by atoms with Crippen LogP contribution in [0.2, 0.25) is 0 Å². The topological polar surface area (TPSA) is 49.4 Å². The molecule has 0 aromatic heterocycles. The van der Waals surface area contributed by atoms with Crippen LogP contribution < -0.4 is 10.2 Å². The van der Waals surface area contributed by atoms with Gasteiger partial charge in [0.25, 0.3) is 5.91 Å². The van der Waals surface area contributed by atoms with Crippen molar-refractivity contribution < 1.29 is 9.59 Å². The zero-order valence-electron chi connectivity index (χ0n) is 20.6. The van der Waals surface area contributed by atoms with Gasteiger partial charge in [-0.15, -0.1) is 11.8 Å². The smallest absolute Gasteiger partial charge is 0.255 e. The lowest BCUT2D eigenvalue weighted by molar-refractivity contribution is -0.117. The van der Waals surface area contributed by atoms with E-state index in [2.05, 4.69) is 17.4 Å². The number of hydrogen-bond donors (Lipinski definition) is 1. The van der Waals surface area contributed by atoms with Crippen LogP contribution in [0.25, 0.3) is 10.8 Å². The number of carbonyl (C=O) groups excluding carboxylic acids is 2. The molecule has 0 spiro atoms. The Kier molecular flexibility index (Phi) is 6.66. The lowest BCUT2D eigenvalue weighted by atomic mass is 10.1. The van der Waals surface area contributed by atoms with E-state index in [4.69, 9.17) is 0 Å². The standard InChI is InChI=1S/C32H24N2O2S2/c1-21(32(36)34-27-13-4-6-15-29(27)38-30-16-7-5-14-28(30)34)37-26-12-8-11-25(20-26)33-31(35)24-18-17-22-9-2-3-10-23(22)19-24/h2-21H,1H3,(H,33,35). The molecule has 1 aliphatic rings. The van der Waals surface area contributed by atoms with Crippen LogP contribution in [0.1, 0.15) is 17.3 Å². The quantitative estimate of drug-likeness (QED) is 0.231. The summed E-state index contributed by atoms with van der Waals surface area (Å²) in [4.78, 5) is 31.6. The monoisotopic (exact) mass is 532 g/mol. The SMILES string of the molecule is CC(Sc1cccc(NC(=O)c2ccc3ccccc3c2)c1)C(=O)N1c2ccccc2Sc2ccccc21. The van der Waals surface area contributed by atoms with Gasteiger partial charge in [-0.3, -0.25) is 14.5 Å².